The number of rotatable bonds is 11. The lowest BCUT2D eigenvalue weighted by Gasteiger charge is -2.19. The average molecular weight is 313 g/mol. The van der Waals surface area contributed by atoms with Crippen LogP contribution in [0.15, 0.2) is 0 Å². The van der Waals surface area contributed by atoms with E-state index in [1.807, 2.05) is 11.8 Å². The number of nitrogens with zero attached hydrogens (tertiary/aromatic N) is 4. The molecule has 1 aromatic rings. The highest BCUT2D eigenvalue weighted by molar-refractivity contribution is 7.98. The number of hydrazine groups is 1. The van der Waals surface area contributed by atoms with E-state index in [0.717, 1.165) is 26.1 Å². The smallest absolute Gasteiger partial charge is 0.243 e. The number of thioether (sulfide) groups is 1. The van der Waals surface area contributed by atoms with Gasteiger partial charge in [0.2, 0.25) is 17.8 Å². The highest BCUT2D eigenvalue weighted by Gasteiger charge is 2.10. The van der Waals surface area contributed by atoms with Crippen LogP contribution in [0.2, 0.25) is 0 Å². The van der Waals surface area contributed by atoms with E-state index in [-0.39, 0.29) is 0 Å². The normalized spacial score (nSPS) is 10.5. The molecule has 0 unspecified atom stereocenters. The second kappa shape index (κ2) is 10.4. The Kier molecular flexibility index (Phi) is 8.84. The highest BCUT2D eigenvalue weighted by Crippen LogP contribution is 2.13. The summed E-state index contributed by atoms with van der Waals surface area (Å²) in [5.74, 6) is 8.26. The number of nitrogen functional groups attached to an aromatic ring is 1. The number of aromatic nitrogens is 3. The van der Waals surface area contributed by atoms with Crippen molar-refractivity contribution >= 4 is 29.6 Å². The zero-order valence-corrected chi connectivity index (χ0v) is 14.0. The Morgan fingerprint density at radius 1 is 1.05 bits per heavy atom. The highest BCUT2D eigenvalue weighted by atomic mass is 32.2. The molecule has 21 heavy (non-hydrogen) atoms. The lowest BCUT2D eigenvalue weighted by molar-refractivity contribution is 0.744. The fourth-order valence-corrected chi connectivity index (χ4v) is 2.40. The summed E-state index contributed by atoms with van der Waals surface area (Å²) in [7, 11) is 0. The molecule has 4 N–H and O–H groups in total. The maximum atomic E-state index is 5.43. The number of nitrogens with two attached hydrogens (primary N) is 1. The number of nitrogens with one attached hydrogen (secondary N) is 2. The fourth-order valence-electron chi connectivity index (χ4n) is 1.90. The second-order valence-corrected chi connectivity index (χ2v) is 5.57. The second-order valence-electron chi connectivity index (χ2n) is 4.58. The summed E-state index contributed by atoms with van der Waals surface area (Å²) >= 11 is 1.89. The fraction of sp³-hybridized carbons (Fsp3) is 0.769. The van der Waals surface area contributed by atoms with Gasteiger partial charge < -0.3 is 10.2 Å². The van der Waals surface area contributed by atoms with Gasteiger partial charge in [-0.1, -0.05) is 6.42 Å². The summed E-state index contributed by atoms with van der Waals surface area (Å²) in [5.41, 5.74) is 2.50. The number of unbranched alkanes of at least 4 members (excludes halogenated alkanes) is 2. The quantitative estimate of drug-likeness (QED) is 0.324. The zero-order chi connectivity index (χ0) is 15.5. The molecule has 8 heteroatoms. The van der Waals surface area contributed by atoms with Crippen molar-refractivity contribution in [2.45, 2.75) is 33.1 Å². The van der Waals surface area contributed by atoms with E-state index in [0.29, 0.717) is 17.8 Å². The van der Waals surface area contributed by atoms with E-state index in [2.05, 4.69) is 50.7 Å². The SMILES string of the molecule is CCN(CC)c1nc(NN)nc(NCCCCCSC)n1. The van der Waals surface area contributed by atoms with Crippen LogP contribution in [-0.4, -0.2) is 46.6 Å². The summed E-state index contributed by atoms with van der Waals surface area (Å²) in [6.07, 6.45) is 5.71. The molecule has 1 heterocycles. The first-order valence-corrected chi connectivity index (χ1v) is 8.84. The molecular weight excluding hydrogens is 286 g/mol. The molecule has 0 amide bonds. The maximum absolute atomic E-state index is 5.43. The zero-order valence-electron chi connectivity index (χ0n) is 13.2. The molecular formula is C13H27N7S. The van der Waals surface area contributed by atoms with Crippen LogP contribution in [0.1, 0.15) is 33.1 Å². The van der Waals surface area contributed by atoms with Crippen molar-refractivity contribution in [3.63, 3.8) is 0 Å². The van der Waals surface area contributed by atoms with Crippen LogP contribution < -0.4 is 21.5 Å². The lowest BCUT2D eigenvalue weighted by atomic mass is 10.2. The van der Waals surface area contributed by atoms with Crippen LogP contribution in [-0.2, 0) is 0 Å². The van der Waals surface area contributed by atoms with Crippen molar-refractivity contribution in [1.29, 1.82) is 0 Å². The van der Waals surface area contributed by atoms with Gasteiger partial charge in [0.05, 0.1) is 0 Å². The molecule has 0 saturated carbocycles. The van der Waals surface area contributed by atoms with Crippen LogP contribution in [0.3, 0.4) is 0 Å². The summed E-state index contributed by atoms with van der Waals surface area (Å²) in [4.78, 5) is 15.0. The third-order valence-corrected chi connectivity index (χ3v) is 3.80. The third-order valence-electron chi connectivity index (χ3n) is 3.11. The van der Waals surface area contributed by atoms with Crippen LogP contribution in [0, 0.1) is 0 Å². The Labute approximate surface area is 131 Å². The van der Waals surface area contributed by atoms with Crippen molar-refractivity contribution in [1.82, 2.24) is 15.0 Å². The lowest BCUT2D eigenvalue weighted by Crippen LogP contribution is -2.26. The molecule has 0 aliphatic carbocycles. The number of hydrogen-bond donors (Lipinski definition) is 3. The standard InChI is InChI=1S/C13H27N7S/c1-4-20(5-2)13-17-11(16-12(18-13)19-14)15-9-7-6-8-10-21-3/h4-10,14H2,1-3H3,(H2,15,16,17,18,19). The predicted molar refractivity (Wildman–Crippen MR) is 91.9 cm³/mol. The van der Waals surface area contributed by atoms with Gasteiger partial charge in [0.25, 0.3) is 0 Å². The summed E-state index contributed by atoms with van der Waals surface area (Å²) < 4.78 is 0. The molecule has 0 saturated heterocycles. The molecule has 0 aromatic carbocycles. The summed E-state index contributed by atoms with van der Waals surface area (Å²) in [5, 5.41) is 3.25. The van der Waals surface area contributed by atoms with Gasteiger partial charge in [-0.15, -0.1) is 0 Å². The van der Waals surface area contributed by atoms with Crippen molar-refractivity contribution in [3.05, 3.63) is 0 Å². The van der Waals surface area contributed by atoms with Gasteiger partial charge in [-0.3, -0.25) is 5.43 Å². The number of hydrogen-bond acceptors (Lipinski definition) is 8. The molecule has 0 radical (unpaired) electrons. The Hall–Kier alpha value is -1.28. The van der Waals surface area contributed by atoms with Crippen LogP contribution in [0.5, 0.6) is 0 Å². The first-order valence-electron chi connectivity index (χ1n) is 7.45. The molecule has 0 aliphatic heterocycles. The molecule has 0 fully saturated rings. The largest absolute Gasteiger partial charge is 0.354 e. The third kappa shape index (κ3) is 6.34. The molecule has 0 spiro atoms. The van der Waals surface area contributed by atoms with E-state index < -0.39 is 0 Å². The minimum Gasteiger partial charge on any atom is -0.354 e. The van der Waals surface area contributed by atoms with Gasteiger partial charge in [-0.25, -0.2) is 5.84 Å². The van der Waals surface area contributed by atoms with Crippen LogP contribution >= 0.6 is 11.8 Å². The van der Waals surface area contributed by atoms with Crippen molar-refractivity contribution < 1.29 is 0 Å². The predicted octanol–water partition coefficient (Wildman–Crippen LogP) is 1.95. The first kappa shape index (κ1) is 17.8. The Balaban J connectivity index is 2.58. The van der Waals surface area contributed by atoms with Gasteiger partial charge in [-0.2, -0.15) is 26.7 Å². The Morgan fingerprint density at radius 3 is 2.38 bits per heavy atom. The van der Waals surface area contributed by atoms with E-state index in [4.69, 9.17) is 5.84 Å². The van der Waals surface area contributed by atoms with Gasteiger partial charge in [-0.05, 0) is 38.7 Å². The molecule has 7 nitrogen and oxygen atoms in total. The van der Waals surface area contributed by atoms with Crippen LogP contribution in [0.25, 0.3) is 0 Å². The topological polar surface area (TPSA) is 92.0 Å². The minimum atomic E-state index is 0.386. The molecule has 1 rings (SSSR count). The molecule has 1 aromatic heterocycles. The van der Waals surface area contributed by atoms with Gasteiger partial charge >= 0.3 is 0 Å². The maximum Gasteiger partial charge on any atom is 0.243 e. The van der Waals surface area contributed by atoms with E-state index in [1.54, 1.807) is 0 Å². The summed E-state index contributed by atoms with van der Waals surface area (Å²) in [6.45, 7) is 6.70. The van der Waals surface area contributed by atoms with Crippen molar-refractivity contribution in [2.75, 3.05) is 47.3 Å². The Bertz CT molecular complexity index is 398. The Morgan fingerprint density at radius 2 is 1.76 bits per heavy atom. The molecule has 0 aliphatic rings. The van der Waals surface area contributed by atoms with E-state index >= 15 is 0 Å². The molecule has 0 atom stereocenters. The van der Waals surface area contributed by atoms with Crippen molar-refractivity contribution in [3.8, 4) is 0 Å². The van der Waals surface area contributed by atoms with E-state index in [1.165, 1.54) is 18.6 Å². The monoisotopic (exact) mass is 313 g/mol. The van der Waals surface area contributed by atoms with E-state index in [9.17, 15) is 0 Å². The van der Waals surface area contributed by atoms with Gasteiger partial charge in [0, 0.05) is 19.6 Å². The van der Waals surface area contributed by atoms with Crippen molar-refractivity contribution in [2.24, 2.45) is 5.84 Å². The van der Waals surface area contributed by atoms with Gasteiger partial charge in [0.15, 0.2) is 0 Å². The summed E-state index contributed by atoms with van der Waals surface area (Å²) in [6, 6.07) is 0. The number of anilines is 3. The minimum absolute atomic E-state index is 0.386. The van der Waals surface area contributed by atoms with Crippen LogP contribution in [0.4, 0.5) is 17.8 Å². The van der Waals surface area contributed by atoms with Gasteiger partial charge in [0.1, 0.15) is 0 Å². The first-order chi connectivity index (χ1) is 10.2. The average Bonchev–Trinajstić information content (AvgIpc) is 2.51. The molecule has 120 valence electrons. The molecule has 0 bridgehead atoms.